The van der Waals surface area contributed by atoms with Gasteiger partial charge in [-0.3, -0.25) is 9.78 Å². The molecule has 0 saturated carbocycles. The number of nitrogens with zero attached hydrogens (tertiary/aromatic N) is 1. The molecule has 2 atom stereocenters. The molecule has 0 radical (unpaired) electrons. The highest BCUT2D eigenvalue weighted by molar-refractivity contribution is 5.96. The number of carbonyl (C=O) groups is 2. The van der Waals surface area contributed by atoms with Gasteiger partial charge in [0.15, 0.2) is 6.04 Å². The molecule has 0 aliphatic heterocycles. The molecule has 1 rings (SSSR count). The van der Waals surface area contributed by atoms with E-state index in [2.05, 4.69) is 10.3 Å². The van der Waals surface area contributed by atoms with Crippen LogP contribution in [0.1, 0.15) is 17.3 Å². The first-order chi connectivity index (χ1) is 7.91. The van der Waals surface area contributed by atoms with Crippen LogP contribution in [-0.2, 0) is 4.79 Å². The Labute approximate surface area is 96.1 Å². The Morgan fingerprint density at radius 3 is 2.59 bits per heavy atom. The molecule has 1 heterocycles. The van der Waals surface area contributed by atoms with Gasteiger partial charge in [0, 0.05) is 6.20 Å². The van der Waals surface area contributed by atoms with Crippen LogP contribution in [0.4, 0.5) is 4.39 Å². The maximum Gasteiger partial charge on any atom is 0.328 e. The zero-order chi connectivity index (χ0) is 13.0. The number of pyridine rings is 1. The molecule has 0 fully saturated rings. The van der Waals surface area contributed by atoms with E-state index in [0.29, 0.717) is 0 Å². The van der Waals surface area contributed by atoms with E-state index < -0.39 is 29.8 Å². The maximum absolute atomic E-state index is 12.8. The van der Waals surface area contributed by atoms with Crippen molar-refractivity contribution in [2.75, 3.05) is 0 Å². The molecule has 0 saturated heterocycles. The highest BCUT2D eigenvalue weighted by Crippen LogP contribution is 2.02. The highest BCUT2D eigenvalue weighted by atomic mass is 19.1. The summed E-state index contributed by atoms with van der Waals surface area (Å²) in [6.07, 6.45) is 0.748. The molecule has 92 valence electrons. The van der Waals surface area contributed by atoms with Gasteiger partial charge in [-0.05, 0) is 13.0 Å². The Morgan fingerprint density at radius 2 is 2.12 bits per heavy atom. The first kappa shape index (κ1) is 13.0. The minimum atomic E-state index is -1.45. The second-order valence-corrected chi connectivity index (χ2v) is 3.42. The largest absolute Gasteiger partial charge is 0.480 e. The van der Waals surface area contributed by atoms with Crippen molar-refractivity contribution < 1.29 is 24.2 Å². The van der Waals surface area contributed by atoms with Crippen LogP contribution >= 0.6 is 0 Å². The fraction of sp³-hybridized carbons (Fsp3) is 0.300. The number of carboxylic acid groups (broad SMARTS) is 1. The van der Waals surface area contributed by atoms with Gasteiger partial charge in [-0.1, -0.05) is 0 Å². The first-order valence-corrected chi connectivity index (χ1v) is 4.74. The van der Waals surface area contributed by atoms with Crippen LogP contribution in [0.5, 0.6) is 0 Å². The number of carbonyl (C=O) groups excluding carboxylic acids is 1. The van der Waals surface area contributed by atoms with Crippen molar-refractivity contribution in [2.45, 2.75) is 19.1 Å². The minimum absolute atomic E-state index is 0.114. The van der Waals surface area contributed by atoms with Crippen molar-refractivity contribution >= 4 is 11.9 Å². The Balaban J connectivity index is 2.81. The molecule has 0 aliphatic rings. The number of aromatic nitrogens is 1. The van der Waals surface area contributed by atoms with Crippen molar-refractivity contribution in [3.05, 3.63) is 29.8 Å². The topological polar surface area (TPSA) is 99.5 Å². The maximum atomic E-state index is 12.8. The summed E-state index contributed by atoms with van der Waals surface area (Å²) in [7, 11) is 0. The van der Waals surface area contributed by atoms with E-state index in [4.69, 9.17) is 10.2 Å². The van der Waals surface area contributed by atoms with Crippen LogP contribution in [0.3, 0.4) is 0 Å². The van der Waals surface area contributed by atoms with E-state index in [0.717, 1.165) is 18.5 Å². The molecule has 3 N–H and O–H groups in total. The van der Waals surface area contributed by atoms with Crippen LogP contribution < -0.4 is 5.32 Å². The number of aliphatic hydroxyl groups excluding tert-OH is 1. The molecule has 0 spiro atoms. The highest BCUT2D eigenvalue weighted by Gasteiger charge is 2.25. The fourth-order valence-electron chi connectivity index (χ4n) is 1.15. The number of hydrogen-bond acceptors (Lipinski definition) is 4. The molecule has 1 aromatic heterocycles. The number of amides is 1. The lowest BCUT2D eigenvalue weighted by Gasteiger charge is -2.16. The molecule has 1 aromatic rings. The molecule has 7 heteroatoms. The second kappa shape index (κ2) is 5.35. The number of halogens is 1. The molecule has 6 nitrogen and oxygen atoms in total. The Bertz CT molecular complexity index is 436. The lowest BCUT2D eigenvalue weighted by atomic mass is 10.1. The third-order valence-electron chi connectivity index (χ3n) is 2.00. The van der Waals surface area contributed by atoms with Gasteiger partial charge >= 0.3 is 5.97 Å². The van der Waals surface area contributed by atoms with Crippen LogP contribution in [0.15, 0.2) is 18.5 Å². The van der Waals surface area contributed by atoms with E-state index in [1.54, 1.807) is 0 Å². The standard InChI is InChI=1S/C10H11FN2O4/c1-5(14)8(10(16)17)13-9(15)6-2-7(11)4-12-3-6/h2-5,8,14H,1H3,(H,13,15)(H,16,17)/t5-,8+/m1/s1. The van der Waals surface area contributed by atoms with Crippen LogP contribution in [0.25, 0.3) is 0 Å². The Morgan fingerprint density at radius 1 is 1.47 bits per heavy atom. The summed E-state index contributed by atoms with van der Waals surface area (Å²) in [4.78, 5) is 25.7. The van der Waals surface area contributed by atoms with E-state index in [1.807, 2.05) is 0 Å². The molecule has 0 aliphatic carbocycles. The van der Waals surface area contributed by atoms with E-state index in [-0.39, 0.29) is 5.56 Å². The van der Waals surface area contributed by atoms with Crippen LogP contribution in [0, 0.1) is 5.82 Å². The van der Waals surface area contributed by atoms with Crippen molar-refractivity contribution in [1.29, 1.82) is 0 Å². The molecular weight excluding hydrogens is 231 g/mol. The predicted molar refractivity (Wildman–Crippen MR) is 54.8 cm³/mol. The zero-order valence-corrected chi connectivity index (χ0v) is 8.92. The van der Waals surface area contributed by atoms with Gasteiger partial charge in [0.05, 0.1) is 17.9 Å². The summed E-state index contributed by atoms with van der Waals surface area (Å²) in [5.74, 6) is -2.90. The molecule has 17 heavy (non-hydrogen) atoms. The van der Waals surface area contributed by atoms with Crippen molar-refractivity contribution in [3.8, 4) is 0 Å². The molecular formula is C10H11FN2O4. The fourth-order valence-corrected chi connectivity index (χ4v) is 1.15. The number of hydrogen-bond donors (Lipinski definition) is 3. The smallest absolute Gasteiger partial charge is 0.328 e. The number of rotatable bonds is 4. The number of nitrogens with one attached hydrogen (secondary N) is 1. The van der Waals surface area contributed by atoms with E-state index >= 15 is 0 Å². The molecule has 0 bridgehead atoms. The average Bonchev–Trinajstić information content (AvgIpc) is 2.24. The summed E-state index contributed by atoms with van der Waals surface area (Å²) in [6.45, 7) is 1.23. The zero-order valence-electron chi connectivity index (χ0n) is 8.92. The summed E-state index contributed by atoms with van der Waals surface area (Å²) in [5, 5.41) is 19.9. The summed E-state index contributed by atoms with van der Waals surface area (Å²) < 4.78 is 12.8. The van der Waals surface area contributed by atoms with Crippen molar-refractivity contribution in [1.82, 2.24) is 10.3 Å². The number of aliphatic carboxylic acids is 1. The van der Waals surface area contributed by atoms with Crippen molar-refractivity contribution in [2.24, 2.45) is 0 Å². The summed E-state index contributed by atoms with van der Waals surface area (Å²) >= 11 is 0. The molecule has 1 amide bonds. The quantitative estimate of drug-likeness (QED) is 0.678. The van der Waals surface area contributed by atoms with Crippen LogP contribution in [-0.4, -0.2) is 39.2 Å². The average molecular weight is 242 g/mol. The molecule has 0 unspecified atom stereocenters. The normalized spacial score (nSPS) is 13.8. The van der Waals surface area contributed by atoms with Gasteiger partial charge < -0.3 is 15.5 Å². The van der Waals surface area contributed by atoms with Gasteiger partial charge in [0.2, 0.25) is 0 Å². The lowest BCUT2D eigenvalue weighted by molar-refractivity contribution is -0.141. The third-order valence-corrected chi connectivity index (χ3v) is 2.00. The van der Waals surface area contributed by atoms with Gasteiger partial charge in [-0.15, -0.1) is 0 Å². The van der Waals surface area contributed by atoms with E-state index in [1.165, 1.54) is 6.92 Å². The van der Waals surface area contributed by atoms with Crippen LogP contribution in [0.2, 0.25) is 0 Å². The molecule has 0 aromatic carbocycles. The van der Waals surface area contributed by atoms with Gasteiger partial charge in [0.25, 0.3) is 5.91 Å². The van der Waals surface area contributed by atoms with Crippen molar-refractivity contribution in [3.63, 3.8) is 0 Å². The van der Waals surface area contributed by atoms with E-state index in [9.17, 15) is 14.0 Å². The number of carboxylic acids is 1. The summed E-state index contributed by atoms with van der Waals surface area (Å²) in [5.41, 5.74) is -0.114. The van der Waals surface area contributed by atoms with Gasteiger partial charge in [0.1, 0.15) is 5.82 Å². The Hall–Kier alpha value is -2.02. The predicted octanol–water partition coefficient (Wildman–Crippen LogP) is -0.216. The third kappa shape index (κ3) is 3.49. The SMILES string of the molecule is C[C@@H](O)[C@H](NC(=O)c1cncc(F)c1)C(=O)O. The number of aliphatic hydroxyl groups is 1. The lowest BCUT2D eigenvalue weighted by Crippen LogP contribution is -2.47. The second-order valence-electron chi connectivity index (χ2n) is 3.42. The van der Waals surface area contributed by atoms with Gasteiger partial charge in [-0.2, -0.15) is 0 Å². The Kier molecular flexibility index (Phi) is 4.11. The first-order valence-electron chi connectivity index (χ1n) is 4.74. The summed E-state index contributed by atoms with van der Waals surface area (Å²) in [6, 6.07) is -0.533. The monoisotopic (exact) mass is 242 g/mol. The van der Waals surface area contributed by atoms with Gasteiger partial charge in [-0.25, -0.2) is 9.18 Å². The minimum Gasteiger partial charge on any atom is -0.480 e.